The Balaban J connectivity index is 2.06. The number of piperidine rings is 1. The molecule has 2 rings (SSSR count). The summed E-state index contributed by atoms with van der Waals surface area (Å²) < 4.78 is 0. The normalized spacial score (nSPS) is 18.9. The van der Waals surface area contributed by atoms with Crippen LogP contribution in [0.5, 0.6) is 0 Å². The van der Waals surface area contributed by atoms with Crippen LogP contribution < -0.4 is 10.2 Å². The summed E-state index contributed by atoms with van der Waals surface area (Å²) in [6, 6.07) is 4.85. The van der Waals surface area contributed by atoms with Crippen LogP contribution in [-0.2, 0) is 0 Å². The summed E-state index contributed by atoms with van der Waals surface area (Å²) in [5.74, 6) is 0.819. The molecule has 1 N–H and O–H groups in total. The van der Waals surface area contributed by atoms with E-state index >= 15 is 0 Å². The van der Waals surface area contributed by atoms with Gasteiger partial charge in [-0.05, 0) is 50.4 Å². The van der Waals surface area contributed by atoms with E-state index < -0.39 is 0 Å². The molecule has 1 aromatic heterocycles. The van der Waals surface area contributed by atoms with Crippen molar-refractivity contribution in [3.8, 4) is 0 Å². The van der Waals surface area contributed by atoms with Crippen LogP contribution >= 0.6 is 0 Å². The van der Waals surface area contributed by atoms with E-state index in [1.165, 1.54) is 38.0 Å². The average Bonchev–Trinajstić information content (AvgIpc) is 2.42. The molecule has 1 fully saturated rings. The molecule has 0 radical (unpaired) electrons. The van der Waals surface area contributed by atoms with Crippen LogP contribution in [0.25, 0.3) is 0 Å². The quantitative estimate of drug-likeness (QED) is 0.865. The molecule has 17 heavy (non-hydrogen) atoms. The van der Waals surface area contributed by atoms with Crippen molar-refractivity contribution < 1.29 is 0 Å². The van der Waals surface area contributed by atoms with E-state index in [2.05, 4.69) is 41.3 Å². The molecule has 1 atom stereocenters. The van der Waals surface area contributed by atoms with Crippen molar-refractivity contribution in [2.24, 2.45) is 5.92 Å². The monoisotopic (exact) mass is 233 g/mol. The van der Waals surface area contributed by atoms with Gasteiger partial charge in [0.2, 0.25) is 0 Å². The molecule has 3 nitrogen and oxygen atoms in total. The maximum Gasteiger partial charge on any atom is 0.0397 e. The van der Waals surface area contributed by atoms with Gasteiger partial charge in [-0.3, -0.25) is 4.98 Å². The molecule has 0 amide bonds. The predicted octanol–water partition coefficient (Wildman–Crippen LogP) is 2.30. The first-order valence-electron chi connectivity index (χ1n) is 6.66. The minimum atomic E-state index is 0.652. The summed E-state index contributed by atoms with van der Waals surface area (Å²) in [5, 5.41) is 3.44. The van der Waals surface area contributed by atoms with E-state index in [4.69, 9.17) is 0 Å². The predicted molar refractivity (Wildman–Crippen MR) is 72.3 cm³/mol. The Kier molecular flexibility index (Phi) is 4.37. The highest BCUT2D eigenvalue weighted by atomic mass is 15.1. The molecule has 1 aliphatic rings. The summed E-state index contributed by atoms with van der Waals surface area (Å²) in [6.45, 7) is 4.64. The molecule has 0 aliphatic carbocycles. The molecule has 0 saturated carbocycles. The van der Waals surface area contributed by atoms with Crippen LogP contribution in [0.2, 0.25) is 0 Å². The van der Waals surface area contributed by atoms with Crippen molar-refractivity contribution in [2.75, 3.05) is 25.0 Å². The lowest BCUT2D eigenvalue weighted by molar-refractivity contribution is 0.306. The van der Waals surface area contributed by atoms with Crippen molar-refractivity contribution in [1.82, 2.24) is 10.3 Å². The van der Waals surface area contributed by atoms with Crippen LogP contribution in [0.1, 0.15) is 26.2 Å². The lowest BCUT2D eigenvalue weighted by atomic mass is 9.87. The number of hydrogen-bond acceptors (Lipinski definition) is 3. The average molecular weight is 233 g/mol. The smallest absolute Gasteiger partial charge is 0.0397 e. The maximum absolute atomic E-state index is 4.09. The van der Waals surface area contributed by atoms with Gasteiger partial charge in [0.1, 0.15) is 0 Å². The molecule has 1 aromatic rings. The third-order valence-corrected chi connectivity index (χ3v) is 3.91. The second-order valence-electron chi connectivity index (χ2n) is 4.88. The van der Waals surface area contributed by atoms with Crippen LogP contribution in [0.3, 0.4) is 0 Å². The second-order valence-corrected chi connectivity index (χ2v) is 4.88. The van der Waals surface area contributed by atoms with Crippen molar-refractivity contribution in [1.29, 1.82) is 0 Å². The largest absolute Gasteiger partial charge is 0.371 e. The fourth-order valence-electron chi connectivity index (χ4n) is 2.92. The first kappa shape index (κ1) is 12.4. The molecule has 0 spiro atoms. The number of rotatable bonds is 4. The highest BCUT2D eigenvalue weighted by molar-refractivity contribution is 5.44. The highest BCUT2D eigenvalue weighted by Crippen LogP contribution is 2.26. The van der Waals surface area contributed by atoms with Gasteiger partial charge in [0.25, 0.3) is 0 Å². The zero-order chi connectivity index (χ0) is 12.1. The Morgan fingerprint density at radius 2 is 2.00 bits per heavy atom. The van der Waals surface area contributed by atoms with Gasteiger partial charge in [-0.25, -0.2) is 0 Å². The number of pyridine rings is 1. The van der Waals surface area contributed by atoms with Crippen molar-refractivity contribution in [2.45, 2.75) is 32.2 Å². The van der Waals surface area contributed by atoms with Crippen LogP contribution in [0.4, 0.5) is 5.69 Å². The molecule has 2 heterocycles. The molecule has 0 bridgehead atoms. The van der Waals surface area contributed by atoms with E-state index in [9.17, 15) is 0 Å². The molecule has 1 saturated heterocycles. The van der Waals surface area contributed by atoms with Crippen LogP contribution in [-0.4, -0.2) is 31.2 Å². The minimum Gasteiger partial charge on any atom is -0.371 e. The number of nitrogens with zero attached hydrogens (tertiary/aromatic N) is 2. The van der Waals surface area contributed by atoms with E-state index in [-0.39, 0.29) is 0 Å². The van der Waals surface area contributed by atoms with Crippen molar-refractivity contribution >= 4 is 5.69 Å². The summed E-state index contributed by atoms with van der Waals surface area (Å²) in [7, 11) is 2.21. The Hall–Kier alpha value is -1.09. The zero-order valence-corrected chi connectivity index (χ0v) is 10.9. The molecule has 1 aliphatic heterocycles. The van der Waals surface area contributed by atoms with Gasteiger partial charge in [0, 0.05) is 31.2 Å². The third kappa shape index (κ3) is 2.97. The molecule has 1 unspecified atom stereocenters. The van der Waals surface area contributed by atoms with E-state index in [1.54, 1.807) is 0 Å². The Morgan fingerprint density at radius 1 is 1.35 bits per heavy atom. The number of aromatic nitrogens is 1. The van der Waals surface area contributed by atoms with E-state index in [1.807, 2.05) is 12.4 Å². The fraction of sp³-hybridized carbons (Fsp3) is 0.643. The topological polar surface area (TPSA) is 28.2 Å². The second kappa shape index (κ2) is 6.01. The lowest BCUT2D eigenvalue weighted by Crippen LogP contribution is -2.42. The fourth-order valence-corrected chi connectivity index (χ4v) is 2.92. The molecule has 0 aromatic carbocycles. The Bertz CT molecular complexity index is 319. The molecule has 94 valence electrons. The number of nitrogens with one attached hydrogen (secondary N) is 1. The standard InChI is InChI=1S/C14H23N3/c1-3-14(12-4-8-15-9-5-12)17(2)13-6-10-16-11-7-13/h6-7,10-12,14-15H,3-5,8-9H2,1-2H3. The third-order valence-electron chi connectivity index (χ3n) is 3.91. The molecular weight excluding hydrogens is 210 g/mol. The minimum absolute atomic E-state index is 0.652. The van der Waals surface area contributed by atoms with Crippen LogP contribution in [0.15, 0.2) is 24.5 Å². The van der Waals surface area contributed by atoms with Gasteiger partial charge >= 0.3 is 0 Å². The maximum atomic E-state index is 4.09. The first-order chi connectivity index (χ1) is 8.33. The summed E-state index contributed by atoms with van der Waals surface area (Å²) in [5.41, 5.74) is 1.28. The SMILES string of the molecule is CCC(C1CCNCC1)N(C)c1ccncc1. The number of hydrogen-bond donors (Lipinski definition) is 1. The lowest BCUT2D eigenvalue weighted by Gasteiger charge is -2.37. The van der Waals surface area contributed by atoms with Gasteiger partial charge in [-0.2, -0.15) is 0 Å². The van der Waals surface area contributed by atoms with Gasteiger partial charge < -0.3 is 10.2 Å². The number of anilines is 1. The summed E-state index contributed by atoms with van der Waals surface area (Å²) in [6.07, 6.45) is 7.56. The first-order valence-corrected chi connectivity index (χ1v) is 6.66. The Morgan fingerprint density at radius 3 is 2.59 bits per heavy atom. The summed E-state index contributed by atoms with van der Waals surface area (Å²) in [4.78, 5) is 6.52. The zero-order valence-electron chi connectivity index (χ0n) is 10.9. The van der Waals surface area contributed by atoms with Crippen LogP contribution in [0, 0.1) is 5.92 Å². The molecular formula is C14H23N3. The van der Waals surface area contributed by atoms with E-state index in [0.29, 0.717) is 6.04 Å². The van der Waals surface area contributed by atoms with Crippen molar-refractivity contribution in [3.63, 3.8) is 0 Å². The van der Waals surface area contributed by atoms with Gasteiger partial charge in [0.15, 0.2) is 0 Å². The summed E-state index contributed by atoms with van der Waals surface area (Å²) >= 11 is 0. The van der Waals surface area contributed by atoms with Gasteiger partial charge in [-0.1, -0.05) is 6.92 Å². The van der Waals surface area contributed by atoms with Gasteiger partial charge in [-0.15, -0.1) is 0 Å². The van der Waals surface area contributed by atoms with E-state index in [0.717, 1.165) is 5.92 Å². The Labute approximate surface area is 104 Å². The van der Waals surface area contributed by atoms with Gasteiger partial charge in [0.05, 0.1) is 0 Å². The molecule has 3 heteroatoms. The highest BCUT2D eigenvalue weighted by Gasteiger charge is 2.25. The van der Waals surface area contributed by atoms with Crippen molar-refractivity contribution in [3.05, 3.63) is 24.5 Å².